The van der Waals surface area contributed by atoms with Gasteiger partial charge in [0.2, 0.25) is 0 Å². The van der Waals surface area contributed by atoms with Gasteiger partial charge in [0, 0.05) is 5.56 Å². The largest absolute Gasteiger partial charge is 0.475 e. The van der Waals surface area contributed by atoms with Gasteiger partial charge >= 0.3 is 6.18 Å². The monoisotopic (exact) mass is 330 g/mol. The van der Waals surface area contributed by atoms with Crippen molar-refractivity contribution in [1.82, 2.24) is 0 Å². The van der Waals surface area contributed by atoms with E-state index in [1.54, 1.807) is 0 Å². The van der Waals surface area contributed by atoms with Crippen LogP contribution in [0.2, 0.25) is 0 Å². The highest BCUT2D eigenvalue weighted by Gasteiger charge is 2.35. The maximum absolute atomic E-state index is 13.8. The number of hydrogen-bond acceptors (Lipinski definition) is 3. The highest BCUT2D eigenvalue weighted by atomic mass is 32.2. The van der Waals surface area contributed by atoms with Crippen LogP contribution in [0.1, 0.15) is 5.56 Å². The molecule has 0 saturated carbocycles. The molecule has 1 atom stereocenters. The lowest BCUT2D eigenvalue weighted by molar-refractivity contribution is -0.137. The van der Waals surface area contributed by atoms with Crippen LogP contribution < -0.4 is 4.74 Å². The molecule has 0 spiro atoms. The van der Waals surface area contributed by atoms with Crippen LogP contribution in [0.4, 0.5) is 17.6 Å². The summed E-state index contributed by atoms with van der Waals surface area (Å²) >= 11 is 1.08. The van der Waals surface area contributed by atoms with Gasteiger partial charge in [0.25, 0.3) is 0 Å². The Morgan fingerprint density at radius 1 is 1.14 bits per heavy atom. The fourth-order valence-corrected chi connectivity index (χ4v) is 3.26. The third-order valence-corrected chi connectivity index (χ3v) is 4.26. The van der Waals surface area contributed by atoms with Gasteiger partial charge in [-0.1, -0.05) is 30.0 Å². The number of fused-ring (bicyclic) bond motifs is 1. The molecule has 0 aliphatic carbocycles. The summed E-state index contributed by atoms with van der Waals surface area (Å²) in [7, 11) is 0. The molecule has 0 saturated heterocycles. The second-order valence-electron chi connectivity index (χ2n) is 4.67. The van der Waals surface area contributed by atoms with Gasteiger partial charge in [0.1, 0.15) is 11.6 Å². The van der Waals surface area contributed by atoms with Crippen LogP contribution in [0, 0.1) is 5.82 Å². The Labute approximate surface area is 127 Å². The van der Waals surface area contributed by atoms with E-state index in [1.165, 1.54) is 24.3 Å². The molecule has 0 fully saturated rings. The van der Waals surface area contributed by atoms with Crippen molar-refractivity contribution in [3.8, 4) is 16.9 Å². The second-order valence-corrected chi connectivity index (χ2v) is 5.87. The molecular weight excluding hydrogens is 320 g/mol. The summed E-state index contributed by atoms with van der Waals surface area (Å²) < 4.78 is 58.6. The highest BCUT2D eigenvalue weighted by molar-refractivity contribution is 8.00. The molecule has 3 rings (SSSR count). The SMILES string of the molecule is OCC1Oc2c(cc(F)cc2-c2ccccc2C(F)(F)F)S1. The Balaban J connectivity index is 2.20. The normalized spacial score (nSPS) is 17.2. The first-order chi connectivity index (χ1) is 10.4. The molecule has 7 heteroatoms. The van der Waals surface area contributed by atoms with Crippen LogP contribution in [-0.4, -0.2) is 17.1 Å². The summed E-state index contributed by atoms with van der Waals surface area (Å²) in [5.74, 6) is -0.484. The lowest BCUT2D eigenvalue weighted by atomic mass is 9.98. The average Bonchev–Trinajstić information content (AvgIpc) is 2.88. The molecule has 22 heavy (non-hydrogen) atoms. The third-order valence-electron chi connectivity index (χ3n) is 3.20. The van der Waals surface area contributed by atoms with E-state index in [0.717, 1.165) is 23.9 Å². The van der Waals surface area contributed by atoms with E-state index < -0.39 is 23.0 Å². The number of thioether (sulfide) groups is 1. The number of halogens is 4. The number of aliphatic hydroxyl groups excluding tert-OH is 1. The first kappa shape index (κ1) is 15.2. The fraction of sp³-hybridized carbons (Fsp3) is 0.200. The molecule has 116 valence electrons. The molecule has 1 aliphatic rings. The molecule has 1 unspecified atom stereocenters. The zero-order valence-electron chi connectivity index (χ0n) is 11.0. The summed E-state index contributed by atoms with van der Waals surface area (Å²) in [6.07, 6.45) is -4.56. The minimum atomic E-state index is -4.56. The van der Waals surface area contributed by atoms with Gasteiger partial charge in [-0.2, -0.15) is 13.2 Å². The van der Waals surface area contributed by atoms with Gasteiger partial charge in [0.05, 0.1) is 17.1 Å². The maximum Gasteiger partial charge on any atom is 0.417 e. The predicted octanol–water partition coefficient (Wildman–Crippen LogP) is 4.31. The fourth-order valence-electron chi connectivity index (χ4n) is 2.31. The van der Waals surface area contributed by atoms with Crippen molar-refractivity contribution >= 4 is 11.8 Å². The van der Waals surface area contributed by atoms with E-state index in [9.17, 15) is 17.6 Å². The lowest BCUT2D eigenvalue weighted by Gasteiger charge is -2.15. The Kier molecular flexibility index (Phi) is 3.78. The smallest absolute Gasteiger partial charge is 0.417 e. The molecule has 0 bridgehead atoms. The van der Waals surface area contributed by atoms with E-state index in [-0.39, 0.29) is 23.5 Å². The van der Waals surface area contributed by atoms with Gasteiger partial charge in [-0.25, -0.2) is 4.39 Å². The zero-order chi connectivity index (χ0) is 15.9. The molecule has 1 aliphatic heterocycles. The molecule has 2 aromatic carbocycles. The quantitative estimate of drug-likeness (QED) is 0.832. The van der Waals surface area contributed by atoms with Gasteiger partial charge in [0.15, 0.2) is 5.44 Å². The zero-order valence-corrected chi connectivity index (χ0v) is 11.8. The van der Waals surface area contributed by atoms with Crippen molar-refractivity contribution < 1.29 is 27.4 Å². The van der Waals surface area contributed by atoms with E-state index >= 15 is 0 Å². The van der Waals surface area contributed by atoms with Gasteiger partial charge in [-0.05, 0) is 23.8 Å². The third kappa shape index (κ3) is 2.66. The Morgan fingerprint density at radius 3 is 2.55 bits per heavy atom. The molecule has 2 nitrogen and oxygen atoms in total. The number of benzene rings is 2. The van der Waals surface area contributed by atoms with Crippen molar-refractivity contribution in [2.75, 3.05) is 6.61 Å². The number of aliphatic hydroxyl groups is 1. The number of alkyl halides is 3. The first-order valence-electron chi connectivity index (χ1n) is 6.34. The van der Waals surface area contributed by atoms with Gasteiger partial charge in [-0.15, -0.1) is 0 Å². The minimum absolute atomic E-state index is 0.0337. The summed E-state index contributed by atoms with van der Waals surface area (Å²) in [5, 5.41) is 9.13. The van der Waals surface area contributed by atoms with Gasteiger partial charge < -0.3 is 9.84 Å². The summed E-state index contributed by atoms with van der Waals surface area (Å²) in [5.41, 5.74) is -1.62. The van der Waals surface area contributed by atoms with Crippen molar-refractivity contribution in [2.45, 2.75) is 16.5 Å². The molecule has 2 aromatic rings. The predicted molar refractivity (Wildman–Crippen MR) is 74.2 cm³/mol. The Hall–Kier alpha value is -1.73. The van der Waals surface area contributed by atoms with Crippen molar-refractivity contribution in [3.05, 3.63) is 47.8 Å². The maximum atomic E-state index is 13.8. The summed E-state index contributed by atoms with van der Waals surface area (Å²) in [6.45, 7) is -0.318. The molecule has 1 heterocycles. The van der Waals surface area contributed by atoms with E-state index in [0.29, 0.717) is 4.90 Å². The molecule has 0 radical (unpaired) electrons. The van der Waals surface area contributed by atoms with Gasteiger partial charge in [-0.3, -0.25) is 0 Å². The van der Waals surface area contributed by atoms with E-state index in [4.69, 9.17) is 9.84 Å². The van der Waals surface area contributed by atoms with Crippen molar-refractivity contribution in [3.63, 3.8) is 0 Å². The highest BCUT2D eigenvalue weighted by Crippen LogP contribution is 2.49. The molecule has 0 aromatic heterocycles. The number of ether oxygens (including phenoxy) is 1. The molecule has 1 N–H and O–H groups in total. The van der Waals surface area contributed by atoms with Crippen LogP contribution in [-0.2, 0) is 6.18 Å². The van der Waals surface area contributed by atoms with Crippen molar-refractivity contribution in [2.24, 2.45) is 0 Å². The standard InChI is InChI=1S/C15H10F4O2S/c16-8-5-10(14-12(6-8)22-13(7-20)21-14)9-3-1-2-4-11(9)15(17,18)19/h1-6,13,20H,7H2. The Morgan fingerprint density at radius 2 is 1.86 bits per heavy atom. The van der Waals surface area contributed by atoms with Crippen LogP contribution in [0.5, 0.6) is 5.75 Å². The van der Waals surface area contributed by atoms with Crippen LogP contribution in [0.3, 0.4) is 0 Å². The number of hydrogen-bond donors (Lipinski definition) is 1. The van der Waals surface area contributed by atoms with Crippen LogP contribution >= 0.6 is 11.8 Å². The van der Waals surface area contributed by atoms with Crippen LogP contribution in [0.25, 0.3) is 11.1 Å². The first-order valence-corrected chi connectivity index (χ1v) is 7.22. The van der Waals surface area contributed by atoms with Crippen LogP contribution in [0.15, 0.2) is 41.3 Å². The average molecular weight is 330 g/mol. The van der Waals surface area contributed by atoms with E-state index in [1.807, 2.05) is 0 Å². The second kappa shape index (κ2) is 5.48. The topological polar surface area (TPSA) is 29.5 Å². The summed E-state index contributed by atoms with van der Waals surface area (Å²) in [4.78, 5) is 0.381. The minimum Gasteiger partial charge on any atom is -0.475 e. The lowest BCUT2D eigenvalue weighted by Crippen LogP contribution is -2.12. The van der Waals surface area contributed by atoms with E-state index in [2.05, 4.69) is 0 Å². The molecule has 0 amide bonds. The summed E-state index contributed by atoms with van der Waals surface area (Å²) in [6, 6.07) is 7.15. The number of rotatable bonds is 2. The molecular formula is C15H10F4O2S. The Bertz CT molecular complexity index is 715. The van der Waals surface area contributed by atoms with Crippen molar-refractivity contribution in [1.29, 1.82) is 0 Å².